The van der Waals surface area contributed by atoms with Crippen molar-refractivity contribution < 1.29 is 14.7 Å². The average Bonchev–Trinajstić information content (AvgIpc) is 3.07. The monoisotopic (exact) mass is 297 g/mol. The molecule has 1 aliphatic heterocycles. The van der Waals surface area contributed by atoms with Gasteiger partial charge in [0.05, 0.1) is 6.04 Å². The number of likely N-dealkylation sites (tertiary alicyclic amines) is 1. The maximum Gasteiger partial charge on any atom is 0.317 e. The molecule has 1 saturated heterocycles. The summed E-state index contributed by atoms with van der Waals surface area (Å²) in [6.45, 7) is 3.25. The van der Waals surface area contributed by atoms with Gasteiger partial charge in [0, 0.05) is 31.1 Å². The summed E-state index contributed by atoms with van der Waals surface area (Å²) >= 11 is 1.52. The molecule has 2 amide bonds. The van der Waals surface area contributed by atoms with Gasteiger partial charge in [0.1, 0.15) is 5.01 Å². The van der Waals surface area contributed by atoms with Crippen LogP contribution in [0.5, 0.6) is 0 Å². The van der Waals surface area contributed by atoms with E-state index >= 15 is 0 Å². The summed E-state index contributed by atoms with van der Waals surface area (Å²) in [4.78, 5) is 28.6. The van der Waals surface area contributed by atoms with E-state index in [0.717, 1.165) is 11.4 Å². The maximum absolute atomic E-state index is 12.1. The van der Waals surface area contributed by atoms with E-state index in [9.17, 15) is 9.59 Å². The lowest BCUT2D eigenvalue weighted by Crippen LogP contribution is -2.39. The first-order chi connectivity index (χ1) is 9.56. The number of aromatic nitrogens is 1. The van der Waals surface area contributed by atoms with Crippen molar-refractivity contribution >= 4 is 23.3 Å². The van der Waals surface area contributed by atoms with Crippen molar-refractivity contribution in [3.63, 3.8) is 0 Å². The van der Waals surface area contributed by atoms with Crippen molar-refractivity contribution in [3.05, 3.63) is 16.6 Å². The van der Waals surface area contributed by atoms with Gasteiger partial charge in [-0.1, -0.05) is 0 Å². The van der Waals surface area contributed by atoms with Crippen LogP contribution in [0.15, 0.2) is 11.6 Å². The number of aliphatic carboxylic acids is 1. The number of hydrogen-bond donors (Lipinski definition) is 2. The third-order valence-corrected chi connectivity index (χ3v) is 4.46. The summed E-state index contributed by atoms with van der Waals surface area (Å²) in [6.07, 6.45) is 3.42. The molecular weight excluding hydrogens is 278 g/mol. The molecule has 20 heavy (non-hydrogen) atoms. The number of carbonyl (C=O) groups excluding carboxylic acids is 1. The minimum Gasteiger partial charge on any atom is -0.481 e. The molecule has 0 bridgehead atoms. The Hall–Kier alpha value is -1.63. The second-order valence-electron chi connectivity index (χ2n) is 5.07. The van der Waals surface area contributed by atoms with E-state index in [0.29, 0.717) is 25.4 Å². The van der Waals surface area contributed by atoms with Gasteiger partial charge in [-0.2, -0.15) is 0 Å². The maximum atomic E-state index is 12.1. The molecule has 0 aliphatic carbocycles. The highest BCUT2D eigenvalue weighted by Gasteiger charge is 2.27. The van der Waals surface area contributed by atoms with Gasteiger partial charge < -0.3 is 15.3 Å². The predicted octanol–water partition coefficient (Wildman–Crippen LogP) is 2.10. The highest BCUT2D eigenvalue weighted by Crippen LogP contribution is 2.22. The topological polar surface area (TPSA) is 82.5 Å². The number of hydrogen-bond acceptors (Lipinski definition) is 4. The molecule has 0 saturated carbocycles. The Balaban J connectivity index is 1.78. The fraction of sp³-hybridized carbons (Fsp3) is 0.615. The van der Waals surface area contributed by atoms with Crippen molar-refractivity contribution in [2.75, 3.05) is 13.1 Å². The third kappa shape index (κ3) is 3.93. The number of nitrogens with zero attached hydrogens (tertiary/aromatic N) is 2. The summed E-state index contributed by atoms with van der Waals surface area (Å²) in [7, 11) is 0. The van der Waals surface area contributed by atoms with Crippen LogP contribution in [0.25, 0.3) is 0 Å². The summed E-state index contributed by atoms with van der Waals surface area (Å²) in [5.74, 6) is -0.475. The average molecular weight is 297 g/mol. The van der Waals surface area contributed by atoms with Crippen LogP contribution >= 0.6 is 11.3 Å². The van der Waals surface area contributed by atoms with E-state index in [1.165, 1.54) is 11.3 Å². The molecule has 2 rings (SSSR count). The van der Waals surface area contributed by atoms with Crippen LogP contribution in [0.3, 0.4) is 0 Å². The first-order valence-corrected chi connectivity index (χ1v) is 7.61. The second-order valence-corrected chi connectivity index (χ2v) is 6.00. The third-order valence-electron chi connectivity index (χ3n) is 3.50. The molecule has 1 fully saturated rings. The molecule has 1 aromatic rings. The van der Waals surface area contributed by atoms with E-state index in [1.807, 2.05) is 12.3 Å². The Morgan fingerprint density at radius 3 is 3.10 bits per heavy atom. The van der Waals surface area contributed by atoms with Crippen LogP contribution in [0, 0.1) is 5.92 Å². The van der Waals surface area contributed by atoms with E-state index in [4.69, 9.17) is 5.11 Å². The number of thiazole rings is 1. The fourth-order valence-corrected chi connectivity index (χ4v) is 3.01. The summed E-state index contributed by atoms with van der Waals surface area (Å²) in [5, 5.41) is 14.4. The van der Waals surface area contributed by atoms with E-state index in [-0.39, 0.29) is 18.5 Å². The molecular formula is C13H19N3O3S. The lowest BCUT2D eigenvalue weighted by Gasteiger charge is -2.20. The minimum atomic E-state index is -0.773. The summed E-state index contributed by atoms with van der Waals surface area (Å²) in [5.41, 5.74) is 0. The van der Waals surface area contributed by atoms with Crippen molar-refractivity contribution in [1.29, 1.82) is 0 Å². The van der Waals surface area contributed by atoms with Gasteiger partial charge >= 0.3 is 12.0 Å². The molecule has 2 unspecified atom stereocenters. The number of rotatable bonds is 5. The number of carboxylic acids is 1. The number of nitrogens with one attached hydrogen (secondary N) is 1. The molecule has 0 spiro atoms. The lowest BCUT2D eigenvalue weighted by atomic mass is 10.0. The molecule has 6 nitrogen and oxygen atoms in total. The quantitative estimate of drug-likeness (QED) is 0.872. The first kappa shape index (κ1) is 14.8. The number of amides is 2. The van der Waals surface area contributed by atoms with Crippen molar-refractivity contribution in [2.45, 2.75) is 32.2 Å². The van der Waals surface area contributed by atoms with Gasteiger partial charge in [-0.15, -0.1) is 11.3 Å². The lowest BCUT2D eigenvalue weighted by molar-refractivity contribution is -0.137. The molecule has 0 aromatic carbocycles. The standard InChI is InChI=1S/C13H19N3O3S/c1-9(12-14-5-7-20-12)15-13(19)16-6-4-10(8-16)2-3-11(17)18/h5,7,9-10H,2-4,6,8H2,1H3,(H,15,19)(H,17,18). The van der Waals surface area contributed by atoms with Crippen LogP contribution in [0.4, 0.5) is 4.79 Å². The number of carboxylic acid groups (broad SMARTS) is 1. The van der Waals surface area contributed by atoms with E-state index in [2.05, 4.69) is 10.3 Å². The SMILES string of the molecule is CC(NC(=O)N1CCC(CCC(=O)O)C1)c1nccs1. The van der Waals surface area contributed by atoms with Crippen LogP contribution in [-0.2, 0) is 4.79 Å². The molecule has 1 aromatic heterocycles. The van der Waals surface area contributed by atoms with Crippen LogP contribution in [0.2, 0.25) is 0 Å². The minimum absolute atomic E-state index is 0.0921. The zero-order chi connectivity index (χ0) is 14.5. The predicted molar refractivity (Wildman–Crippen MR) is 75.6 cm³/mol. The number of carbonyl (C=O) groups is 2. The second kappa shape index (κ2) is 6.69. The molecule has 110 valence electrons. The van der Waals surface area contributed by atoms with Gasteiger partial charge in [-0.25, -0.2) is 9.78 Å². The number of urea groups is 1. The summed E-state index contributed by atoms with van der Waals surface area (Å²) < 4.78 is 0. The van der Waals surface area contributed by atoms with Gasteiger partial charge in [-0.3, -0.25) is 4.79 Å². The Morgan fingerprint density at radius 2 is 2.45 bits per heavy atom. The van der Waals surface area contributed by atoms with Crippen LogP contribution in [0.1, 0.15) is 37.2 Å². The Bertz CT molecular complexity index is 463. The smallest absolute Gasteiger partial charge is 0.317 e. The summed E-state index contributed by atoms with van der Waals surface area (Å²) in [6, 6.07) is -0.189. The Morgan fingerprint density at radius 1 is 1.65 bits per heavy atom. The molecule has 7 heteroatoms. The zero-order valence-corrected chi connectivity index (χ0v) is 12.2. The molecule has 2 heterocycles. The van der Waals surface area contributed by atoms with Crippen molar-refractivity contribution in [3.8, 4) is 0 Å². The molecule has 0 radical (unpaired) electrons. The first-order valence-electron chi connectivity index (χ1n) is 6.73. The van der Waals surface area contributed by atoms with Gasteiger partial charge in [0.15, 0.2) is 0 Å². The van der Waals surface area contributed by atoms with E-state index < -0.39 is 5.97 Å². The fourth-order valence-electron chi connectivity index (χ4n) is 2.37. The molecule has 1 aliphatic rings. The largest absolute Gasteiger partial charge is 0.481 e. The Labute approximate surface area is 121 Å². The molecule has 2 N–H and O–H groups in total. The van der Waals surface area contributed by atoms with Crippen LogP contribution in [-0.4, -0.2) is 40.1 Å². The normalized spacial score (nSPS) is 19.9. The van der Waals surface area contributed by atoms with Gasteiger partial charge in [-0.05, 0) is 25.7 Å². The van der Waals surface area contributed by atoms with Gasteiger partial charge in [0.2, 0.25) is 0 Å². The Kier molecular flexibility index (Phi) is 4.94. The zero-order valence-electron chi connectivity index (χ0n) is 11.4. The highest BCUT2D eigenvalue weighted by molar-refractivity contribution is 7.09. The molecule has 2 atom stereocenters. The van der Waals surface area contributed by atoms with E-state index in [1.54, 1.807) is 11.1 Å². The highest BCUT2D eigenvalue weighted by atomic mass is 32.1. The van der Waals surface area contributed by atoms with Crippen LogP contribution < -0.4 is 5.32 Å². The van der Waals surface area contributed by atoms with Gasteiger partial charge in [0.25, 0.3) is 0 Å². The van der Waals surface area contributed by atoms with Crippen molar-refractivity contribution in [1.82, 2.24) is 15.2 Å². The van der Waals surface area contributed by atoms with Crippen molar-refractivity contribution in [2.24, 2.45) is 5.92 Å².